The second-order valence-corrected chi connectivity index (χ2v) is 6.06. The van der Waals surface area contributed by atoms with Gasteiger partial charge in [0, 0.05) is 17.3 Å². The van der Waals surface area contributed by atoms with Crippen LogP contribution in [0.15, 0.2) is 47.6 Å². The number of anilines is 1. The van der Waals surface area contributed by atoms with Gasteiger partial charge in [0.2, 0.25) is 0 Å². The van der Waals surface area contributed by atoms with Gasteiger partial charge in [0.1, 0.15) is 11.5 Å². The molecule has 0 aliphatic heterocycles. The summed E-state index contributed by atoms with van der Waals surface area (Å²) in [6.45, 7) is 0.138. The Balaban J connectivity index is 1.60. The van der Waals surface area contributed by atoms with E-state index in [9.17, 15) is 4.79 Å². The van der Waals surface area contributed by atoms with Crippen LogP contribution in [0.4, 0.5) is 5.69 Å². The van der Waals surface area contributed by atoms with Gasteiger partial charge in [-0.25, -0.2) is 5.43 Å². The molecule has 3 rings (SSSR count). The molecular weight excluding hydrogens is 330 g/mol. The van der Waals surface area contributed by atoms with Crippen LogP contribution in [0.2, 0.25) is 0 Å². The number of aryl methyl sites for hydroxylation is 1. The summed E-state index contributed by atoms with van der Waals surface area (Å²) in [4.78, 5) is 12.1. The standard InChI is InChI=1S/C20H23N3O3/c1-25-16-7-4-6-15(12-16)21-13-20(24)23-22-19-8-3-5-14-11-17(26-2)9-10-18(14)19/h4,6-7,9-12,21H,3,5,8,13H2,1-2H3,(H,23,24)/b22-19-. The van der Waals surface area contributed by atoms with Gasteiger partial charge in [-0.05, 0) is 55.2 Å². The first kappa shape index (κ1) is 17.8. The summed E-state index contributed by atoms with van der Waals surface area (Å²) in [6, 6.07) is 13.4. The third kappa shape index (κ3) is 4.33. The van der Waals surface area contributed by atoms with Crippen LogP contribution >= 0.6 is 0 Å². The molecule has 6 heteroatoms. The zero-order chi connectivity index (χ0) is 18.4. The predicted molar refractivity (Wildman–Crippen MR) is 102 cm³/mol. The van der Waals surface area contributed by atoms with Gasteiger partial charge in [-0.3, -0.25) is 4.79 Å². The highest BCUT2D eigenvalue weighted by atomic mass is 16.5. The number of nitrogens with zero attached hydrogens (tertiary/aromatic N) is 1. The summed E-state index contributed by atoms with van der Waals surface area (Å²) in [5.74, 6) is 1.39. The SMILES string of the molecule is COc1cccc(NCC(=O)N/N=C2/CCCc3cc(OC)ccc32)c1. The smallest absolute Gasteiger partial charge is 0.259 e. The summed E-state index contributed by atoms with van der Waals surface area (Å²) >= 11 is 0. The Labute approximate surface area is 153 Å². The number of hydrazone groups is 1. The van der Waals surface area contributed by atoms with Crippen molar-refractivity contribution in [2.75, 3.05) is 26.1 Å². The van der Waals surface area contributed by atoms with E-state index in [1.54, 1.807) is 14.2 Å². The zero-order valence-electron chi connectivity index (χ0n) is 15.0. The van der Waals surface area contributed by atoms with Gasteiger partial charge in [0.15, 0.2) is 0 Å². The Hall–Kier alpha value is -3.02. The van der Waals surface area contributed by atoms with Crippen molar-refractivity contribution in [1.82, 2.24) is 5.43 Å². The summed E-state index contributed by atoms with van der Waals surface area (Å²) in [7, 11) is 3.27. The minimum absolute atomic E-state index is 0.138. The van der Waals surface area contributed by atoms with Crippen LogP contribution in [-0.2, 0) is 11.2 Å². The third-order valence-electron chi connectivity index (χ3n) is 4.32. The van der Waals surface area contributed by atoms with Crippen LogP contribution in [0.5, 0.6) is 11.5 Å². The lowest BCUT2D eigenvalue weighted by molar-refractivity contribution is -0.119. The number of hydrogen-bond acceptors (Lipinski definition) is 5. The van der Waals surface area contributed by atoms with Crippen LogP contribution < -0.4 is 20.2 Å². The number of fused-ring (bicyclic) bond motifs is 1. The number of ether oxygens (including phenoxy) is 2. The lowest BCUT2D eigenvalue weighted by Gasteiger charge is -2.18. The molecule has 0 heterocycles. The highest BCUT2D eigenvalue weighted by Crippen LogP contribution is 2.25. The summed E-state index contributed by atoms with van der Waals surface area (Å²) < 4.78 is 10.4. The molecule has 0 unspecified atom stereocenters. The normalized spacial score (nSPS) is 14.5. The fraction of sp³-hybridized carbons (Fsp3) is 0.300. The molecular formula is C20H23N3O3. The monoisotopic (exact) mass is 353 g/mol. The molecule has 6 nitrogen and oxygen atoms in total. The fourth-order valence-corrected chi connectivity index (χ4v) is 2.97. The molecule has 0 saturated heterocycles. The maximum Gasteiger partial charge on any atom is 0.259 e. The number of methoxy groups -OCH3 is 2. The van der Waals surface area contributed by atoms with Crippen LogP contribution in [0.3, 0.4) is 0 Å². The summed E-state index contributed by atoms with van der Waals surface area (Å²) in [5.41, 5.74) is 6.66. The maximum atomic E-state index is 12.1. The Bertz CT molecular complexity index is 818. The molecule has 0 bridgehead atoms. The molecule has 2 N–H and O–H groups in total. The molecule has 0 spiro atoms. The van der Waals surface area contributed by atoms with Crippen molar-refractivity contribution in [2.24, 2.45) is 5.10 Å². The van der Waals surface area contributed by atoms with E-state index in [0.717, 1.165) is 47.7 Å². The van der Waals surface area contributed by atoms with Crippen molar-refractivity contribution in [1.29, 1.82) is 0 Å². The first-order valence-corrected chi connectivity index (χ1v) is 8.60. The van der Waals surface area contributed by atoms with Crippen LogP contribution in [-0.4, -0.2) is 32.4 Å². The fourth-order valence-electron chi connectivity index (χ4n) is 2.97. The van der Waals surface area contributed by atoms with E-state index in [4.69, 9.17) is 9.47 Å². The Morgan fingerprint density at radius 1 is 1.08 bits per heavy atom. The number of carbonyl (C=O) groups excluding carboxylic acids is 1. The Morgan fingerprint density at radius 2 is 1.88 bits per heavy atom. The number of benzene rings is 2. The molecule has 1 aliphatic carbocycles. The number of amides is 1. The molecule has 0 saturated carbocycles. The van der Waals surface area contributed by atoms with E-state index < -0.39 is 0 Å². The van der Waals surface area contributed by atoms with Crippen LogP contribution in [0.1, 0.15) is 24.0 Å². The van der Waals surface area contributed by atoms with Crippen molar-refractivity contribution in [2.45, 2.75) is 19.3 Å². The minimum atomic E-state index is -0.194. The second-order valence-electron chi connectivity index (χ2n) is 6.06. The second kappa shape index (κ2) is 8.38. The molecule has 136 valence electrons. The predicted octanol–water partition coefficient (Wildman–Crippen LogP) is 2.97. The van der Waals surface area contributed by atoms with Gasteiger partial charge in [-0.1, -0.05) is 6.07 Å². The molecule has 1 amide bonds. The van der Waals surface area contributed by atoms with Crippen molar-refractivity contribution in [3.63, 3.8) is 0 Å². The van der Waals surface area contributed by atoms with Gasteiger partial charge in [0.05, 0.1) is 26.5 Å². The lowest BCUT2D eigenvalue weighted by Crippen LogP contribution is -2.27. The molecule has 0 atom stereocenters. The maximum absolute atomic E-state index is 12.1. The van der Waals surface area contributed by atoms with Crippen molar-refractivity contribution in [3.05, 3.63) is 53.6 Å². The number of carbonyl (C=O) groups is 1. The van der Waals surface area contributed by atoms with E-state index in [1.807, 2.05) is 42.5 Å². The topological polar surface area (TPSA) is 72.0 Å². The Morgan fingerprint density at radius 3 is 2.69 bits per heavy atom. The average molecular weight is 353 g/mol. The summed E-state index contributed by atoms with van der Waals surface area (Å²) in [6.07, 6.45) is 2.86. The number of nitrogens with one attached hydrogen (secondary N) is 2. The highest BCUT2D eigenvalue weighted by Gasteiger charge is 2.16. The van der Waals surface area contributed by atoms with Gasteiger partial charge in [0.25, 0.3) is 5.91 Å². The van der Waals surface area contributed by atoms with Crippen LogP contribution in [0.25, 0.3) is 0 Å². The van der Waals surface area contributed by atoms with E-state index in [-0.39, 0.29) is 12.5 Å². The van der Waals surface area contributed by atoms with Gasteiger partial charge < -0.3 is 14.8 Å². The van der Waals surface area contributed by atoms with Crippen molar-refractivity contribution < 1.29 is 14.3 Å². The minimum Gasteiger partial charge on any atom is -0.497 e. The van der Waals surface area contributed by atoms with E-state index in [1.165, 1.54) is 5.56 Å². The van der Waals surface area contributed by atoms with Gasteiger partial charge in [-0.15, -0.1) is 0 Å². The highest BCUT2D eigenvalue weighted by molar-refractivity contribution is 6.03. The largest absolute Gasteiger partial charge is 0.497 e. The zero-order valence-corrected chi connectivity index (χ0v) is 15.0. The van der Waals surface area contributed by atoms with Gasteiger partial charge >= 0.3 is 0 Å². The lowest BCUT2D eigenvalue weighted by atomic mass is 9.90. The van der Waals surface area contributed by atoms with Crippen molar-refractivity contribution >= 4 is 17.3 Å². The Kier molecular flexibility index (Phi) is 5.73. The molecule has 2 aromatic rings. The van der Waals surface area contributed by atoms with E-state index in [2.05, 4.69) is 15.8 Å². The third-order valence-corrected chi connectivity index (χ3v) is 4.32. The number of hydrogen-bond donors (Lipinski definition) is 2. The van der Waals surface area contributed by atoms with Crippen molar-refractivity contribution in [3.8, 4) is 11.5 Å². The number of rotatable bonds is 6. The molecule has 0 aromatic heterocycles. The van der Waals surface area contributed by atoms with Crippen LogP contribution in [0, 0.1) is 0 Å². The van der Waals surface area contributed by atoms with E-state index in [0.29, 0.717) is 0 Å². The molecule has 0 radical (unpaired) electrons. The molecule has 2 aromatic carbocycles. The molecule has 26 heavy (non-hydrogen) atoms. The molecule has 0 fully saturated rings. The average Bonchev–Trinajstić information content (AvgIpc) is 2.70. The summed E-state index contributed by atoms with van der Waals surface area (Å²) in [5, 5.41) is 7.40. The first-order chi connectivity index (χ1) is 12.7. The first-order valence-electron chi connectivity index (χ1n) is 8.60. The quantitative estimate of drug-likeness (QED) is 0.783. The van der Waals surface area contributed by atoms with Gasteiger partial charge in [-0.2, -0.15) is 5.10 Å². The molecule has 1 aliphatic rings. The van der Waals surface area contributed by atoms with E-state index >= 15 is 0 Å².